The molecular weight excluding hydrogens is 287 g/mol. The first-order chi connectivity index (χ1) is 10.5. The van der Waals surface area contributed by atoms with Crippen LogP contribution >= 0.6 is 0 Å². The molecule has 1 aromatic rings. The van der Waals surface area contributed by atoms with Gasteiger partial charge in [-0.2, -0.15) is 0 Å². The highest BCUT2D eigenvalue weighted by Crippen LogP contribution is 2.32. The van der Waals surface area contributed by atoms with Crippen LogP contribution in [0.1, 0.15) is 25.3 Å². The van der Waals surface area contributed by atoms with Gasteiger partial charge in [-0.05, 0) is 18.4 Å². The first-order valence-electron chi connectivity index (χ1n) is 7.44. The minimum absolute atomic E-state index is 0.122. The molecule has 2 N–H and O–H groups in total. The lowest BCUT2D eigenvalue weighted by molar-refractivity contribution is -0.140. The molecule has 0 unspecified atom stereocenters. The Balaban J connectivity index is 1.77. The van der Waals surface area contributed by atoms with Crippen molar-refractivity contribution in [2.24, 2.45) is 5.92 Å². The Bertz CT molecular complexity index is 601. The normalized spacial score (nSPS) is 26.7. The molecule has 2 amide bonds. The smallest absolute Gasteiger partial charge is 0.243 e. The highest BCUT2D eigenvalue weighted by atomic mass is 19.1. The molecule has 22 heavy (non-hydrogen) atoms. The van der Waals surface area contributed by atoms with E-state index in [1.807, 2.05) is 6.92 Å². The molecule has 2 atom stereocenters. The van der Waals surface area contributed by atoms with Crippen LogP contribution in [-0.2, 0) is 19.9 Å². The van der Waals surface area contributed by atoms with Crippen molar-refractivity contribution in [2.75, 3.05) is 13.2 Å². The second-order valence-electron chi connectivity index (χ2n) is 6.21. The van der Waals surface area contributed by atoms with Crippen LogP contribution in [0.15, 0.2) is 24.3 Å². The summed E-state index contributed by atoms with van der Waals surface area (Å²) in [5.41, 5.74) is -0.418. The summed E-state index contributed by atoms with van der Waals surface area (Å²) < 4.78 is 19.3. The zero-order valence-corrected chi connectivity index (χ0v) is 12.4. The standard InChI is InChI=1S/C16H19FN2O3/c1-10-6-13(18-14(20)7-10)15(21)19-16(8-22-9-16)11-4-2-3-5-12(11)17/h2-5,10,13H,6-9H2,1H3,(H,18,20)(H,19,21)/t10-,13-/m1/s1. The number of piperidine rings is 1. The summed E-state index contributed by atoms with van der Waals surface area (Å²) in [5.74, 6) is -0.617. The highest BCUT2D eigenvalue weighted by Gasteiger charge is 2.45. The number of carbonyl (C=O) groups excluding carboxylic acids is 2. The molecule has 5 nitrogen and oxygen atoms in total. The van der Waals surface area contributed by atoms with Crippen molar-refractivity contribution in [3.8, 4) is 0 Å². The molecule has 2 heterocycles. The summed E-state index contributed by atoms with van der Waals surface area (Å²) in [6, 6.07) is 5.79. The van der Waals surface area contributed by atoms with Crippen molar-refractivity contribution in [2.45, 2.75) is 31.3 Å². The Morgan fingerprint density at radius 2 is 2.14 bits per heavy atom. The minimum Gasteiger partial charge on any atom is -0.376 e. The largest absolute Gasteiger partial charge is 0.376 e. The quantitative estimate of drug-likeness (QED) is 0.878. The van der Waals surface area contributed by atoms with Gasteiger partial charge in [0.15, 0.2) is 0 Å². The van der Waals surface area contributed by atoms with E-state index in [9.17, 15) is 14.0 Å². The number of carbonyl (C=O) groups is 2. The highest BCUT2D eigenvalue weighted by molar-refractivity contribution is 5.89. The van der Waals surface area contributed by atoms with Crippen molar-refractivity contribution < 1.29 is 18.7 Å². The average molecular weight is 306 g/mol. The number of halogens is 1. The molecule has 6 heteroatoms. The Kier molecular flexibility index (Phi) is 3.87. The van der Waals surface area contributed by atoms with Gasteiger partial charge >= 0.3 is 0 Å². The lowest BCUT2D eigenvalue weighted by atomic mass is 9.86. The van der Waals surface area contributed by atoms with Gasteiger partial charge in [0, 0.05) is 12.0 Å². The second-order valence-corrected chi connectivity index (χ2v) is 6.21. The molecule has 0 radical (unpaired) electrons. The predicted octanol–water partition coefficient (Wildman–Crippen LogP) is 1.08. The lowest BCUT2D eigenvalue weighted by Crippen LogP contribution is -2.63. The summed E-state index contributed by atoms with van der Waals surface area (Å²) in [7, 11) is 0. The molecule has 1 aromatic carbocycles. The van der Waals surface area contributed by atoms with Crippen LogP contribution in [0.2, 0.25) is 0 Å². The van der Waals surface area contributed by atoms with E-state index >= 15 is 0 Å². The van der Waals surface area contributed by atoms with E-state index in [0.29, 0.717) is 18.4 Å². The summed E-state index contributed by atoms with van der Waals surface area (Å²) in [6.07, 6.45) is 1.02. The number of nitrogens with one attached hydrogen (secondary N) is 2. The van der Waals surface area contributed by atoms with Crippen molar-refractivity contribution in [3.05, 3.63) is 35.6 Å². The van der Waals surface area contributed by atoms with Gasteiger partial charge < -0.3 is 15.4 Å². The maximum Gasteiger partial charge on any atom is 0.243 e. The van der Waals surface area contributed by atoms with Gasteiger partial charge in [0.25, 0.3) is 0 Å². The van der Waals surface area contributed by atoms with Gasteiger partial charge in [0.1, 0.15) is 17.4 Å². The van der Waals surface area contributed by atoms with Gasteiger partial charge in [0.2, 0.25) is 11.8 Å². The van der Waals surface area contributed by atoms with Crippen LogP contribution in [0.4, 0.5) is 4.39 Å². The minimum atomic E-state index is -0.839. The molecule has 0 spiro atoms. The molecule has 2 aliphatic heterocycles. The SMILES string of the molecule is C[C@H]1CC(=O)N[C@@H](C(=O)NC2(c3ccccc3F)COC2)C1. The molecule has 0 aromatic heterocycles. The molecule has 3 rings (SSSR count). The van der Waals surface area contributed by atoms with Crippen LogP contribution in [0.3, 0.4) is 0 Å². The summed E-state index contributed by atoms with van der Waals surface area (Å²) in [4.78, 5) is 24.1. The third-order valence-electron chi connectivity index (χ3n) is 4.27. The van der Waals surface area contributed by atoms with E-state index in [2.05, 4.69) is 10.6 Å². The van der Waals surface area contributed by atoms with E-state index in [4.69, 9.17) is 4.74 Å². The monoisotopic (exact) mass is 306 g/mol. The molecule has 0 aliphatic carbocycles. The van der Waals surface area contributed by atoms with Gasteiger partial charge in [-0.3, -0.25) is 9.59 Å². The number of ether oxygens (including phenoxy) is 1. The van der Waals surface area contributed by atoms with E-state index < -0.39 is 11.6 Å². The van der Waals surface area contributed by atoms with E-state index in [1.54, 1.807) is 18.2 Å². The summed E-state index contributed by atoms with van der Waals surface area (Å²) >= 11 is 0. The molecule has 2 fully saturated rings. The molecular formula is C16H19FN2O3. The third-order valence-corrected chi connectivity index (χ3v) is 4.27. The lowest BCUT2D eigenvalue weighted by Gasteiger charge is -2.43. The van der Waals surface area contributed by atoms with Crippen molar-refractivity contribution >= 4 is 11.8 Å². The Labute approximate surface area is 128 Å². The number of hydrogen-bond donors (Lipinski definition) is 2. The van der Waals surface area contributed by atoms with Crippen molar-refractivity contribution in [3.63, 3.8) is 0 Å². The number of amides is 2. The Hall–Kier alpha value is -1.95. The number of benzene rings is 1. The third kappa shape index (κ3) is 2.70. The maximum atomic E-state index is 14.0. The molecule has 2 saturated heterocycles. The maximum absolute atomic E-state index is 14.0. The van der Waals surface area contributed by atoms with E-state index in [1.165, 1.54) is 6.07 Å². The predicted molar refractivity (Wildman–Crippen MR) is 77.4 cm³/mol. The topological polar surface area (TPSA) is 67.4 Å². The first kappa shape index (κ1) is 15.0. The summed E-state index contributed by atoms with van der Waals surface area (Å²) in [5, 5.41) is 5.58. The number of hydrogen-bond acceptors (Lipinski definition) is 3. The van der Waals surface area contributed by atoms with Crippen LogP contribution < -0.4 is 10.6 Å². The van der Waals surface area contributed by atoms with Gasteiger partial charge in [0.05, 0.1) is 13.2 Å². The van der Waals surface area contributed by atoms with Crippen LogP contribution in [-0.4, -0.2) is 31.1 Å². The van der Waals surface area contributed by atoms with Crippen LogP contribution in [0.25, 0.3) is 0 Å². The van der Waals surface area contributed by atoms with Gasteiger partial charge in [-0.15, -0.1) is 0 Å². The van der Waals surface area contributed by atoms with Crippen molar-refractivity contribution in [1.29, 1.82) is 0 Å². The molecule has 2 aliphatic rings. The second kappa shape index (κ2) is 5.68. The fraction of sp³-hybridized carbons (Fsp3) is 0.500. The Morgan fingerprint density at radius 1 is 1.41 bits per heavy atom. The number of rotatable bonds is 3. The molecule has 0 saturated carbocycles. The summed E-state index contributed by atoms with van der Waals surface area (Å²) in [6.45, 7) is 2.41. The van der Waals surface area contributed by atoms with Gasteiger partial charge in [-0.1, -0.05) is 25.1 Å². The van der Waals surface area contributed by atoms with Crippen molar-refractivity contribution in [1.82, 2.24) is 10.6 Å². The zero-order chi connectivity index (χ0) is 15.7. The van der Waals surface area contributed by atoms with Gasteiger partial charge in [-0.25, -0.2) is 4.39 Å². The molecule has 0 bridgehead atoms. The fourth-order valence-corrected chi connectivity index (χ4v) is 3.06. The Morgan fingerprint density at radius 3 is 2.73 bits per heavy atom. The zero-order valence-electron chi connectivity index (χ0n) is 12.4. The van der Waals surface area contributed by atoms with E-state index in [0.717, 1.165) is 0 Å². The first-order valence-corrected chi connectivity index (χ1v) is 7.44. The fourth-order valence-electron chi connectivity index (χ4n) is 3.06. The van der Waals surface area contributed by atoms with Crippen LogP contribution in [0, 0.1) is 11.7 Å². The molecule has 118 valence electrons. The van der Waals surface area contributed by atoms with E-state index in [-0.39, 0.29) is 36.8 Å². The average Bonchev–Trinajstić information content (AvgIpc) is 2.42. The van der Waals surface area contributed by atoms with Crippen LogP contribution in [0.5, 0.6) is 0 Å².